The second-order valence-corrected chi connectivity index (χ2v) is 12.8. The molecule has 0 aliphatic carbocycles. The third-order valence-electron chi connectivity index (χ3n) is 5.45. The van der Waals surface area contributed by atoms with Crippen LogP contribution in [0.4, 0.5) is 14.5 Å². The number of carboxylic acid groups (broad SMARTS) is 1. The highest BCUT2D eigenvalue weighted by Gasteiger charge is 2.32. The fourth-order valence-electron chi connectivity index (χ4n) is 3.51. The van der Waals surface area contributed by atoms with Gasteiger partial charge >= 0.3 is 5.97 Å². The Labute approximate surface area is 236 Å². The molecule has 3 N–H and O–H groups in total. The van der Waals surface area contributed by atoms with Crippen molar-refractivity contribution < 1.29 is 31.9 Å². The Balaban J connectivity index is 1.26. The number of nitrogens with one attached hydrogen (secondary N) is 2. The smallest absolute Gasteiger partial charge is 0.335 e. The molecule has 1 aliphatic heterocycles. The molecule has 2 aromatic carbocycles. The van der Waals surface area contributed by atoms with Gasteiger partial charge in [0.2, 0.25) is 10.0 Å². The Kier molecular flexibility index (Phi) is 9.12. The molecule has 39 heavy (non-hydrogen) atoms. The lowest BCUT2D eigenvalue weighted by atomic mass is 10.1. The average molecular weight is 610 g/mol. The number of benzene rings is 2. The number of hydrogen-bond donors (Lipinski definition) is 3. The van der Waals surface area contributed by atoms with Crippen LogP contribution in [0.5, 0.6) is 0 Å². The van der Waals surface area contributed by atoms with E-state index < -0.39 is 27.6 Å². The van der Waals surface area contributed by atoms with Crippen LogP contribution in [0.25, 0.3) is 17.2 Å². The molecule has 0 saturated carbocycles. The van der Waals surface area contributed by atoms with Gasteiger partial charge in [0.25, 0.3) is 5.91 Å². The highest BCUT2D eigenvalue weighted by Crippen LogP contribution is 2.34. The SMILES string of the molecule is O=C(O)c1ccc(NS(=O)(=O)CCCCNN2C(=O)C(=Cc3cc(-c4ccc(F)c(F)c4)cs3)SC2=S)cc1. The maximum atomic E-state index is 13.6. The quantitative estimate of drug-likeness (QED) is 0.152. The fourth-order valence-corrected chi connectivity index (χ4v) is 6.82. The number of thiocarbonyl (C=S) groups is 1. The number of carbonyl (C=O) groups excluding carboxylic acids is 1. The van der Waals surface area contributed by atoms with Gasteiger partial charge in [0, 0.05) is 17.1 Å². The fraction of sp³-hybridized carbons (Fsp3) is 0.160. The Morgan fingerprint density at radius 2 is 1.79 bits per heavy atom. The Hall–Kier alpha value is -3.17. The van der Waals surface area contributed by atoms with Crippen LogP contribution >= 0.6 is 35.3 Å². The van der Waals surface area contributed by atoms with E-state index in [-0.39, 0.29) is 22.9 Å². The normalized spacial score (nSPS) is 14.8. The van der Waals surface area contributed by atoms with Crippen LogP contribution in [0.2, 0.25) is 0 Å². The molecule has 1 amide bonds. The number of thioether (sulfide) groups is 1. The topological polar surface area (TPSA) is 116 Å². The van der Waals surface area contributed by atoms with Crippen LogP contribution < -0.4 is 10.1 Å². The molecular weight excluding hydrogens is 589 g/mol. The van der Waals surface area contributed by atoms with Gasteiger partial charge < -0.3 is 5.11 Å². The van der Waals surface area contributed by atoms with Gasteiger partial charge in [-0.2, -0.15) is 0 Å². The van der Waals surface area contributed by atoms with Gasteiger partial charge in [-0.3, -0.25) is 9.52 Å². The molecule has 0 bridgehead atoms. The molecule has 14 heteroatoms. The number of carboxylic acids is 1. The molecule has 3 aromatic rings. The van der Waals surface area contributed by atoms with Gasteiger partial charge in [0.15, 0.2) is 16.0 Å². The first-order valence-corrected chi connectivity index (χ1v) is 15.2. The van der Waals surface area contributed by atoms with E-state index in [4.69, 9.17) is 17.3 Å². The number of rotatable bonds is 11. The zero-order valence-electron chi connectivity index (χ0n) is 20.0. The Morgan fingerprint density at radius 3 is 2.49 bits per heavy atom. The maximum Gasteiger partial charge on any atom is 0.335 e. The summed E-state index contributed by atoms with van der Waals surface area (Å²) in [4.78, 5) is 24.9. The molecule has 1 aliphatic rings. The van der Waals surface area contributed by atoms with E-state index in [2.05, 4.69) is 10.1 Å². The zero-order valence-corrected chi connectivity index (χ0v) is 23.3. The van der Waals surface area contributed by atoms with E-state index in [1.165, 1.54) is 46.7 Å². The molecule has 4 rings (SSSR count). The van der Waals surface area contributed by atoms with Gasteiger partial charge in [0.05, 0.1) is 16.2 Å². The number of thiophene rings is 1. The van der Waals surface area contributed by atoms with Gasteiger partial charge in [0.1, 0.15) is 0 Å². The predicted octanol–water partition coefficient (Wildman–Crippen LogP) is 5.32. The number of hydrazine groups is 1. The number of nitrogens with zero attached hydrogens (tertiary/aromatic N) is 1. The molecule has 0 unspecified atom stereocenters. The van der Waals surface area contributed by atoms with Crippen molar-refractivity contribution in [3.05, 3.63) is 80.9 Å². The minimum atomic E-state index is -3.64. The maximum absolute atomic E-state index is 13.6. The monoisotopic (exact) mass is 609 g/mol. The minimum Gasteiger partial charge on any atom is -0.478 e. The summed E-state index contributed by atoms with van der Waals surface area (Å²) in [6.07, 6.45) is 2.43. The molecular formula is C25H21F2N3O5S4. The zero-order chi connectivity index (χ0) is 28.2. The molecule has 204 valence electrons. The molecule has 1 saturated heterocycles. The third kappa shape index (κ3) is 7.48. The molecule has 8 nitrogen and oxygen atoms in total. The highest BCUT2D eigenvalue weighted by atomic mass is 32.2. The summed E-state index contributed by atoms with van der Waals surface area (Å²) in [5, 5.41) is 11.9. The lowest BCUT2D eigenvalue weighted by Crippen LogP contribution is -2.41. The van der Waals surface area contributed by atoms with Crippen molar-refractivity contribution >= 4 is 73.3 Å². The number of aromatic carboxylic acids is 1. The summed E-state index contributed by atoms with van der Waals surface area (Å²) in [6, 6.07) is 10.8. The van der Waals surface area contributed by atoms with Gasteiger partial charge in [-0.25, -0.2) is 32.4 Å². The summed E-state index contributed by atoms with van der Waals surface area (Å²) >= 11 is 7.77. The largest absolute Gasteiger partial charge is 0.478 e. The lowest BCUT2D eigenvalue weighted by Gasteiger charge is -2.15. The van der Waals surface area contributed by atoms with Crippen LogP contribution in [0.3, 0.4) is 0 Å². The van der Waals surface area contributed by atoms with Crippen LogP contribution in [0.15, 0.2) is 58.8 Å². The van der Waals surface area contributed by atoms with Crippen molar-refractivity contribution in [3.8, 4) is 11.1 Å². The summed E-state index contributed by atoms with van der Waals surface area (Å²) < 4.78 is 54.1. The van der Waals surface area contributed by atoms with Crippen LogP contribution in [-0.2, 0) is 14.8 Å². The first-order chi connectivity index (χ1) is 18.5. The predicted molar refractivity (Wildman–Crippen MR) is 153 cm³/mol. The van der Waals surface area contributed by atoms with Gasteiger partial charge in [-0.05, 0) is 77.9 Å². The summed E-state index contributed by atoms with van der Waals surface area (Å²) in [6.45, 7) is 0.307. The third-order valence-corrected chi connectivity index (χ3v) is 9.01. The second kappa shape index (κ2) is 12.3. The number of hydrogen-bond acceptors (Lipinski definition) is 8. The lowest BCUT2D eigenvalue weighted by molar-refractivity contribution is -0.124. The van der Waals surface area contributed by atoms with E-state index in [1.54, 1.807) is 17.5 Å². The average Bonchev–Trinajstić information content (AvgIpc) is 3.45. The van der Waals surface area contributed by atoms with Crippen LogP contribution in [0, 0.1) is 11.6 Å². The Morgan fingerprint density at radius 1 is 1.05 bits per heavy atom. The van der Waals surface area contributed by atoms with Crippen molar-refractivity contribution in [2.75, 3.05) is 17.0 Å². The standard InChI is InChI=1S/C25H21F2N3O5S4/c26-20-8-5-16(12-21(20)27)17-11-19(37-14-17)13-22-23(31)30(25(36)38-22)28-9-1-2-10-39(34,35)29-18-6-3-15(4-7-18)24(32)33/h3-8,11-14,28-29H,1-2,9-10H2,(H,32,33). The first-order valence-electron chi connectivity index (χ1n) is 11.4. The van der Waals surface area contributed by atoms with Crippen molar-refractivity contribution in [3.63, 3.8) is 0 Å². The molecule has 0 atom stereocenters. The highest BCUT2D eigenvalue weighted by molar-refractivity contribution is 8.26. The summed E-state index contributed by atoms with van der Waals surface area (Å²) in [5.74, 6) is -3.46. The van der Waals surface area contributed by atoms with E-state index in [0.717, 1.165) is 28.8 Å². The molecule has 0 radical (unpaired) electrons. The Bertz CT molecular complexity index is 1560. The van der Waals surface area contributed by atoms with E-state index >= 15 is 0 Å². The van der Waals surface area contributed by atoms with Gasteiger partial charge in [-0.15, -0.1) is 11.3 Å². The van der Waals surface area contributed by atoms with Crippen molar-refractivity contribution in [1.82, 2.24) is 10.4 Å². The molecule has 2 heterocycles. The number of unbranched alkanes of at least 4 members (excludes halogenated alkanes) is 1. The van der Waals surface area contributed by atoms with Crippen LogP contribution in [0.1, 0.15) is 28.1 Å². The number of sulfonamides is 1. The summed E-state index contributed by atoms with van der Waals surface area (Å²) in [7, 11) is -3.64. The second-order valence-electron chi connectivity index (χ2n) is 8.30. The first kappa shape index (κ1) is 28.8. The van der Waals surface area contributed by atoms with Crippen molar-refractivity contribution in [2.24, 2.45) is 0 Å². The number of carbonyl (C=O) groups is 2. The minimum absolute atomic E-state index is 0.0522. The number of amides is 1. The summed E-state index contributed by atoms with van der Waals surface area (Å²) in [5.41, 5.74) is 4.46. The van der Waals surface area contributed by atoms with E-state index in [0.29, 0.717) is 39.7 Å². The van der Waals surface area contributed by atoms with E-state index in [1.807, 2.05) is 0 Å². The van der Waals surface area contributed by atoms with Crippen molar-refractivity contribution in [2.45, 2.75) is 12.8 Å². The van der Waals surface area contributed by atoms with Crippen molar-refractivity contribution in [1.29, 1.82) is 0 Å². The molecule has 1 aromatic heterocycles. The number of halogens is 2. The number of anilines is 1. The van der Waals surface area contributed by atoms with E-state index in [9.17, 15) is 26.8 Å². The van der Waals surface area contributed by atoms with Gasteiger partial charge in [-0.1, -0.05) is 30.0 Å². The molecule has 1 fully saturated rings. The molecule has 0 spiro atoms. The van der Waals surface area contributed by atoms with Crippen LogP contribution in [-0.4, -0.2) is 47.0 Å².